The van der Waals surface area contributed by atoms with Crippen molar-refractivity contribution in [3.8, 4) is 0 Å². The van der Waals surface area contributed by atoms with Gasteiger partial charge in [0, 0.05) is 17.1 Å². The second-order valence-corrected chi connectivity index (χ2v) is 5.52. The van der Waals surface area contributed by atoms with Crippen molar-refractivity contribution in [2.24, 2.45) is 0 Å². The quantitative estimate of drug-likeness (QED) is 0.943. The number of likely N-dealkylation sites (N-methyl/N-ethyl adjacent to an activating group) is 1. The van der Waals surface area contributed by atoms with Crippen molar-refractivity contribution < 1.29 is 19.1 Å². The van der Waals surface area contributed by atoms with Crippen LogP contribution in [-0.2, 0) is 4.79 Å². The molecule has 0 aliphatic heterocycles. The zero-order chi connectivity index (χ0) is 14.9. The molecule has 1 heterocycles. The fourth-order valence-corrected chi connectivity index (χ4v) is 3.12. The molecule has 1 atom stereocenters. The smallest absolute Gasteiger partial charge is 0.326 e. The van der Waals surface area contributed by atoms with E-state index in [2.05, 4.69) is 0 Å². The number of carboxylic acids is 1. The number of fused-ring (bicyclic) bond motifs is 1. The first-order valence-electron chi connectivity index (χ1n) is 6.13. The molecule has 4 nitrogen and oxygen atoms in total. The van der Waals surface area contributed by atoms with Crippen molar-refractivity contribution in [3.05, 3.63) is 35.0 Å². The van der Waals surface area contributed by atoms with Gasteiger partial charge in [0.05, 0.1) is 4.88 Å². The Morgan fingerprint density at radius 2 is 2.15 bits per heavy atom. The molecule has 0 saturated carbocycles. The normalized spacial score (nSPS) is 12.3. The number of halogens is 1. The van der Waals surface area contributed by atoms with Crippen molar-refractivity contribution in [2.45, 2.75) is 19.4 Å². The third-order valence-electron chi connectivity index (χ3n) is 3.18. The van der Waals surface area contributed by atoms with Crippen LogP contribution in [-0.4, -0.2) is 35.0 Å². The highest BCUT2D eigenvalue weighted by Crippen LogP contribution is 2.28. The Morgan fingerprint density at radius 1 is 1.45 bits per heavy atom. The van der Waals surface area contributed by atoms with Crippen molar-refractivity contribution in [2.75, 3.05) is 7.05 Å². The second-order valence-electron chi connectivity index (χ2n) is 4.44. The van der Waals surface area contributed by atoms with Crippen LogP contribution in [0.2, 0.25) is 0 Å². The Labute approximate surface area is 119 Å². The van der Waals surface area contributed by atoms with Gasteiger partial charge >= 0.3 is 5.97 Å². The van der Waals surface area contributed by atoms with Crippen LogP contribution in [0.5, 0.6) is 0 Å². The molecular weight excluding hydrogens is 281 g/mol. The third kappa shape index (κ3) is 2.51. The van der Waals surface area contributed by atoms with Crippen LogP contribution in [0.25, 0.3) is 10.1 Å². The molecule has 0 aliphatic rings. The van der Waals surface area contributed by atoms with E-state index in [1.54, 1.807) is 19.1 Å². The molecule has 1 aromatic heterocycles. The van der Waals surface area contributed by atoms with E-state index in [4.69, 9.17) is 5.11 Å². The molecule has 0 fully saturated rings. The molecule has 1 aromatic carbocycles. The minimum atomic E-state index is -1.05. The Kier molecular flexibility index (Phi) is 4.04. The number of nitrogens with zero attached hydrogens (tertiary/aromatic N) is 1. The SMILES string of the molecule is CCC(C(=O)O)N(C)C(=O)c1cc2c(F)cccc2s1. The average molecular weight is 295 g/mol. The van der Waals surface area contributed by atoms with Crippen molar-refractivity contribution >= 4 is 33.3 Å². The number of benzene rings is 1. The zero-order valence-electron chi connectivity index (χ0n) is 11.1. The lowest BCUT2D eigenvalue weighted by molar-refractivity contribution is -0.142. The largest absolute Gasteiger partial charge is 0.480 e. The zero-order valence-corrected chi connectivity index (χ0v) is 11.9. The highest BCUT2D eigenvalue weighted by molar-refractivity contribution is 7.20. The number of carboxylic acid groups (broad SMARTS) is 1. The number of thiophene rings is 1. The molecule has 6 heteroatoms. The molecule has 20 heavy (non-hydrogen) atoms. The fourth-order valence-electron chi connectivity index (χ4n) is 2.06. The lowest BCUT2D eigenvalue weighted by Gasteiger charge is -2.22. The van der Waals surface area contributed by atoms with Crippen LogP contribution in [0.3, 0.4) is 0 Å². The van der Waals surface area contributed by atoms with Gasteiger partial charge in [-0.05, 0) is 24.6 Å². The van der Waals surface area contributed by atoms with Crippen LogP contribution in [0.15, 0.2) is 24.3 Å². The van der Waals surface area contributed by atoms with Crippen molar-refractivity contribution in [3.63, 3.8) is 0 Å². The molecule has 2 aromatic rings. The molecule has 106 valence electrons. The van der Waals surface area contributed by atoms with E-state index in [0.717, 1.165) is 11.3 Å². The molecule has 0 bridgehead atoms. The molecule has 0 radical (unpaired) electrons. The van der Waals surface area contributed by atoms with Gasteiger partial charge < -0.3 is 10.0 Å². The summed E-state index contributed by atoms with van der Waals surface area (Å²) in [6, 6.07) is 5.24. The predicted octanol–water partition coefficient (Wildman–Crippen LogP) is 2.98. The Hall–Kier alpha value is -1.95. The van der Waals surface area contributed by atoms with Crippen LogP contribution in [0.4, 0.5) is 4.39 Å². The number of carbonyl (C=O) groups excluding carboxylic acids is 1. The Balaban J connectivity index is 2.36. The van der Waals surface area contributed by atoms with E-state index in [1.807, 2.05) is 0 Å². The van der Waals surface area contributed by atoms with E-state index in [9.17, 15) is 14.0 Å². The Bertz CT molecular complexity index is 667. The third-order valence-corrected chi connectivity index (χ3v) is 4.27. The van der Waals surface area contributed by atoms with Gasteiger partial charge in [0.2, 0.25) is 0 Å². The van der Waals surface area contributed by atoms with Gasteiger partial charge in [0.25, 0.3) is 5.91 Å². The van der Waals surface area contributed by atoms with E-state index >= 15 is 0 Å². The van der Waals surface area contributed by atoms with Gasteiger partial charge in [-0.25, -0.2) is 9.18 Å². The molecule has 2 rings (SSSR count). The van der Waals surface area contributed by atoms with E-state index in [1.165, 1.54) is 24.1 Å². The van der Waals surface area contributed by atoms with Crippen molar-refractivity contribution in [1.82, 2.24) is 4.90 Å². The highest BCUT2D eigenvalue weighted by Gasteiger charge is 2.26. The number of hydrogen-bond donors (Lipinski definition) is 1. The van der Waals surface area contributed by atoms with Gasteiger partial charge in [0.15, 0.2) is 0 Å². The lowest BCUT2D eigenvalue weighted by Crippen LogP contribution is -2.41. The molecule has 0 saturated heterocycles. The first-order valence-corrected chi connectivity index (χ1v) is 6.95. The maximum absolute atomic E-state index is 13.6. The first-order chi connectivity index (χ1) is 9.45. The van der Waals surface area contributed by atoms with E-state index < -0.39 is 17.9 Å². The standard InChI is InChI=1S/C14H14FNO3S/c1-3-10(14(18)19)16(2)13(17)12-7-8-9(15)5-4-6-11(8)20-12/h4-7,10H,3H2,1-2H3,(H,18,19). The average Bonchev–Trinajstić information content (AvgIpc) is 2.83. The summed E-state index contributed by atoms with van der Waals surface area (Å²) < 4.78 is 14.3. The van der Waals surface area contributed by atoms with Crippen LogP contribution < -0.4 is 0 Å². The molecule has 0 aliphatic carbocycles. The van der Waals surface area contributed by atoms with Gasteiger partial charge in [0.1, 0.15) is 11.9 Å². The van der Waals surface area contributed by atoms with E-state index in [0.29, 0.717) is 21.4 Å². The van der Waals surface area contributed by atoms with Crippen molar-refractivity contribution in [1.29, 1.82) is 0 Å². The van der Waals surface area contributed by atoms with E-state index in [-0.39, 0.29) is 5.82 Å². The predicted molar refractivity (Wildman–Crippen MR) is 75.6 cm³/mol. The summed E-state index contributed by atoms with van der Waals surface area (Å²) in [6.45, 7) is 1.70. The molecule has 1 amide bonds. The maximum atomic E-state index is 13.6. The topological polar surface area (TPSA) is 57.6 Å². The Morgan fingerprint density at radius 3 is 2.70 bits per heavy atom. The summed E-state index contributed by atoms with van der Waals surface area (Å²) in [5, 5.41) is 9.46. The number of hydrogen-bond acceptors (Lipinski definition) is 3. The second kappa shape index (κ2) is 5.58. The van der Waals surface area contributed by atoms with Gasteiger partial charge in [-0.2, -0.15) is 0 Å². The summed E-state index contributed by atoms with van der Waals surface area (Å²) >= 11 is 1.16. The molecular formula is C14H14FNO3S. The molecule has 0 spiro atoms. The highest BCUT2D eigenvalue weighted by atomic mass is 32.1. The fraction of sp³-hybridized carbons (Fsp3) is 0.286. The van der Waals surface area contributed by atoms with Crippen LogP contribution in [0, 0.1) is 5.82 Å². The maximum Gasteiger partial charge on any atom is 0.326 e. The number of carbonyl (C=O) groups is 2. The lowest BCUT2D eigenvalue weighted by atomic mass is 10.2. The van der Waals surface area contributed by atoms with Crippen LogP contribution >= 0.6 is 11.3 Å². The molecule has 1 N–H and O–H groups in total. The number of amides is 1. The number of aliphatic carboxylic acids is 1. The van der Waals surface area contributed by atoms with Gasteiger partial charge in [-0.3, -0.25) is 4.79 Å². The minimum absolute atomic E-state index is 0.316. The summed E-state index contributed by atoms with van der Waals surface area (Å²) in [4.78, 5) is 24.9. The first kappa shape index (κ1) is 14.5. The van der Waals surface area contributed by atoms with Crippen LogP contribution in [0.1, 0.15) is 23.0 Å². The summed E-state index contributed by atoms with van der Waals surface area (Å²) in [5.74, 6) is -1.83. The van der Waals surface area contributed by atoms with Gasteiger partial charge in [-0.1, -0.05) is 13.0 Å². The summed E-state index contributed by atoms with van der Waals surface area (Å²) in [7, 11) is 1.45. The minimum Gasteiger partial charge on any atom is -0.480 e. The number of rotatable bonds is 4. The molecule has 1 unspecified atom stereocenters. The monoisotopic (exact) mass is 295 g/mol. The summed E-state index contributed by atoms with van der Waals surface area (Å²) in [6.07, 6.45) is 0.316. The van der Waals surface area contributed by atoms with Gasteiger partial charge in [-0.15, -0.1) is 11.3 Å². The summed E-state index contributed by atoms with van der Waals surface area (Å²) in [5.41, 5.74) is 0.